The zero-order valence-electron chi connectivity index (χ0n) is 11.3. The van der Waals surface area contributed by atoms with E-state index in [1.165, 1.54) is 27.6 Å². The number of hydrogen-bond acceptors (Lipinski definition) is 0. The van der Waals surface area contributed by atoms with E-state index >= 15 is 0 Å². The average molecular weight is 258 g/mol. The molecule has 2 aromatic carbocycles. The molecule has 1 aromatic heterocycles. The number of benzene rings is 2. The predicted octanol–water partition coefficient (Wildman–Crippen LogP) is 4.07. The molecule has 0 spiro atoms. The van der Waals surface area contributed by atoms with E-state index in [4.69, 9.17) is 0 Å². The SMILES string of the molecule is C(=C1/CC[n+]2ccccc21)/c1ccc2ccccc2c1. The molecule has 2 heterocycles. The normalized spacial score (nSPS) is 15.7. The van der Waals surface area contributed by atoms with E-state index in [1.807, 2.05) is 0 Å². The monoisotopic (exact) mass is 258 g/mol. The van der Waals surface area contributed by atoms with Gasteiger partial charge in [0.15, 0.2) is 12.7 Å². The van der Waals surface area contributed by atoms with Crippen LogP contribution < -0.4 is 4.57 Å². The molecule has 0 radical (unpaired) electrons. The molecule has 0 saturated heterocycles. The minimum Gasteiger partial charge on any atom is -0.198 e. The van der Waals surface area contributed by atoms with Crippen LogP contribution in [0.25, 0.3) is 22.4 Å². The van der Waals surface area contributed by atoms with E-state index in [1.54, 1.807) is 0 Å². The van der Waals surface area contributed by atoms with Crippen molar-refractivity contribution in [3.8, 4) is 0 Å². The van der Waals surface area contributed by atoms with Gasteiger partial charge in [-0.25, -0.2) is 0 Å². The van der Waals surface area contributed by atoms with Gasteiger partial charge in [0.2, 0.25) is 5.69 Å². The lowest BCUT2D eigenvalue weighted by atomic mass is 10.0. The standard InChI is InChI=1S/C19H16N/c1-2-6-17-13-15(8-9-16(17)5-1)14-18-10-12-20-11-4-3-7-19(18)20/h1-9,11,13-14H,10,12H2/q+1/b18-14+. The number of allylic oxidation sites excluding steroid dienone is 1. The first-order valence-corrected chi connectivity index (χ1v) is 7.08. The van der Waals surface area contributed by atoms with Crippen LogP contribution >= 0.6 is 0 Å². The molecule has 0 saturated carbocycles. The minimum atomic E-state index is 1.09. The molecule has 0 atom stereocenters. The predicted molar refractivity (Wildman–Crippen MR) is 83.1 cm³/mol. The van der Waals surface area contributed by atoms with Gasteiger partial charge in [0.1, 0.15) is 0 Å². The highest BCUT2D eigenvalue weighted by atomic mass is 15.0. The third kappa shape index (κ3) is 1.92. The zero-order chi connectivity index (χ0) is 13.4. The van der Waals surface area contributed by atoms with Gasteiger partial charge in [-0.3, -0.25) is 0 Å². The van der Waals surface area contributed by atoms with Crippen LogP contribution in [0.4, 0.5) is 0 Å². The van der Waals surface area contributed by atoms with Crippen molar-refractivity contribution in [2.75, 3.05) is 0 Å². The highest BCUT2D eigenvalue weighted by Gasteiger charge is 2.22. The number of pyridine rings is 1. The van der Waals surface area contributed by atoms with E-state index in [9.17, 15) is 0 Å². The lowest BCUT2D eigenvalue weighted by Crippen LogP contribution is -2.31. The first-order valence-electron chi connectivity index (χ1n) is 7.08. The summed E-state index contributed by atoms with van der Waals surface area (Å²) in [4.78, 5) is 0. The number of rotatable bonds is 1. The molecule has 0 unspecified atom stereocenters. The summed E-state index contributed by atoms with van der Waals surface area (Å²) in [6, 6.07) is 21.6. The summed E-state index contributed by atoms with van der Waals surface area (Å²) >= 11 is 0. The van der Waals surface area contributed by atoms with Crippen molar-refractivity contribution in [1.29, 1.82) is 0 Å². The van der Waals surface area contributed by atoms with Gasteiger partial charge in [0.05, 0.1) is 0 Å². The van der Waals surface area contributed by atoms with Crippen molar-refractivity contribution in [3.63, 3.8) is 0 Å². The van der Waals surface area contributed by atoms with Crippen LogP contribution in [0.3, 0.4) is 0 Å². The van der Waals surface area contributed by atoms with Crippen molar-refractivity contribution in [2.24, 2.45) is 0 Å². The maximum atomic E-state index is 2.33. The Bertz CT molecular complexity index is 815. The smallest absolute Gasteiger partial charge is 0.198 e. The maximum absolute atomic E-state index is 2.33. The lowest BCUT2D eigenvalue weighted by molar-refractivity contribution is -0.689. The molecule has 3 aromatic rings. The summed E-state index contributed by atoms with van der Waals surface area (Å²) in [6.07, 6.45) is 5.61. The number of hydrogen-bond donors (Lipinski definition) is 0. The van der Waals surface area contributed by atoms with Gasteiger partial charge < -0.3 is 0 Å². The summed E-state index contributed by atoms with van der Waals surface area (Å²) < 4.78 is 2.33. The van der Waals surface area contributed by atoms with Gasteiger partial charge >= 0.3 is 0 Å². The van der Waals surface area contributed by atoms with Crippen LogP contribution in [0.5, 0.6) is 0 Å². The average Bonchev–Trinajstić information content (AvgIpc) is 2.91. The number of aryl methyl sites for hydroxylation is 1. The molecule has 1 heteroatoms. The van der Waals surface area contributed by atoms with Crippen LogP contribution in [0.2, 0.25) is 0 Å². The van der Waals surface area contributed by atoms with Gasteiger partial charge in [0, 0.05) is 24.1 Å². The maximum Gasteiger partial charge on any atom is 0.208 e. The second-order valence-corrected chi connectivity index (χ2v) is 5.31. The van der Waals surface area contributed by atoms with E-state index in [-0.39, 0.29) is 0 Å². The fourth-order valence-corrected chi connectivity index (χ4v) is 2.98. The Morgan fingerprint density at radius 2 is 1.70 bits per heavy atom. The molecule has 96 valence electrons. The van der Waals surface area contributed by atoms with E-state index in [0.717, 1.165) is 13.0 Å². The molecule has 0 N–H and O–H groups in total. The van der Waals surface area contributed by atoms with Crippen LogP contribution in [0.1, 0.15) is 17.7 Å². The molecule has 1 nitrogen and oxygen atoms in total. The second kappa shape index (κ2) is 4.61. The van der Waals surface area contributed by atoms with E-state index < -0.39 is 0 Å². The van der Waals surface area contributed by atoms with Gasteiger partial charge in [-0.1, -0.05) is 36.4 Å². The fourth-order valence-electron chi connectivity index (χ4n) is 2.98. The second-order valence-electron chi connectivity index (χ2n) is 5.31. The Labute approximate surface area is 118 Å². The summed E-state index contributed by atoms with van der Waals surface area (Å²) in [6.45, 7) is 1.09. The number of nitrogens with zero attached hydrogens (tertiary/aromatic N) is 1. The first-order chi connectivity index (χ1) is 9.90. The molecule has 0 bridgehead atoms. The molecule has 0 fully saturated rings. The Kier molecular flexibility index (Phi) is 2.63. The van der Waals surface area contributed by atoms with Gasteiger partial charge in [0.25, 0.3) is 0 Å². The number of aromatic nitrogens is 1. The fraction of sp³-hybridized carbons (Fsp3) is 0.105. The molecular weight excluding hydrogens is 242 g/mol. The Morgan fingerprint density at radius 1 is 0.850 bits per heavy atom. The van der Waals surface area contributed by atoms with Crippen molar-refractivity contribution in [2.45, 2.75) is 13.0 Å². The molecule has 0 amide bonds. The van der Waals surface area contributed by atoms with Gasteiger partial charge in [-0.2, -0.15) is 4.57 Å². The topological polar surface area (TPSA) is 3.88 Å². The quantitative estimate of drug-likeness (QED) is 0.579. The zero-order valence-corrected chi connectivity index (χ0v) is 11.3. The molecule has 1 aliphatic rings. The van der Waals surface area contributed by atoms with Crippen LogP contribution in [-0.2, 0) is 6.54 Å². The number of fused-ring (bicyclic) bond motifs is 2. The first kappa shape index (κ1) is 11.4. The summed E-state index contributed by atoms with van der Waals surface area (Å²) in [5, 5.41) is 2.61. The van der Waals surface area contributed by atoms with E-state index in [0.29, 0.717) is 0 Å². The van der Waals surface area contributed by atoms with Crippen molar-refractivity contribution < 1.29 is 4.57 Å². The highest BCUT2D eigenvalue weighted by Crippen LogP contribution is 2.25. The van der Waals surface area contributed by atoms with Crippen LogP contribution in [0.15, 0.2) is 66.9 Å². The molecule has 1 aliphatic heterocycles. The van der Waals surface area contributed by atoms with Gasteiger partial charge in [-0.15, -0.1) is 0 Å². The summed E-state index contributed by atoms with van der Waals surface area (Å²) in [7, 11) is 0. The van der Waals surface area contributed by atoms with Crippen molar-refractivity contribution in [1.82, 2.24) is 0 Å². The molecule has 20 heavy (non-hydrogen) atoms. The highest BCUT2D eigenvalue weighted by molar-refractivity contribution is 5.87. The van der Waals surface area contributed by atoms with Crippen LogP contribution in [-0.4, -0.2) is 0 Å². The van der Waals surface area contributed by atoms with E-state index in [2.05, 4.69) is 77.5 Å². The van der Waals surface area contributed by atoms with Crippen LogP contribution in [0, 0.1) is 0 Å². The third-order valence-electron chi connectivity index (χ3n) is 4.01. The molecule has 4 rings (SSSR count). The summed E-state index contributed by atoms with van der Waals surface area (Å²) in [5.41, 5.74) is 4.07. The lowest BCUT2D eigenvalue weighted by Gasteiger charge is -2.00. The van der Waals surface area contributed by atoms with Crippen molar-refractivity contribution >= 4 is 22.4 Å². The third-order valence-corrected chi connectivity index (χ3v) is 4.01. The Balaban J connectivity index is 1.79. The Hall–Kier alpha value is -2.41. The molecular formula is C19H16N+. The van der Waals surface area contributed by atoms with Gasteiger partial charge in [-0.05, 0) is 34.5 Å². The minimum absolute atomic E-state index is 1.09. The largest absolute Gasteiger partial charge is 0.208 e. The molecule has 0 aliphatic carbocycles. The Morgan fingerprint density at radius 3 is 2.65 bits per heavy atom. The summed E-state index contributed by atoms with van der Waals surface area (Å²) in [5.74, 6) is 0. The van der Waals surface area contributed by atoms with Crippen molar-refractivity contribution in [3.05, 3.63) is 78.1 Å².